The number of benzene rings is 2. The van der Waals surface area contributed by atoms with Gasteiger partial charge in [-0.3, -0.25) is 0 Å². The van der Waals surface area contributed by atoms with Gasteiger partial charge in [0.05, 0.1) is 20.3 Å². The maximum absolute atomic E-state index is 6.34. The fourth-order valence-electron chi connectivity index (χ4n) is 2.21. The first kappa shape index (κ1) is 14.7. The fourth-order valence-corrected chi connectivity index (χ4v) is 2.53. The van der Waals surface area contributed by atoms with Crippen molar-refractivity contribution in [2.45, 2.75) is 13.0 Å². The third-order valence-electron chi connectivity index (χ3n) is 3.25. The van der Waals surface area contributed by atoms with E-state index in [1.54, 1.807) is 20.3 Å². The zero-order valence-corrected chi connectivity index (χ0v) is 12.6. The van der Waals surface area contributed by atoms with Crippen molar-refractivity contribution in [1.29, 1.82) is 0 Å². The van der Waals surface area contributed by atoms with Crippen LogP contribution in [0.4, 0.5) is 0 Å². The van der Waals surface area contributed by atoms with Crippen molar-refractivity contribution in [3.05, 3.63) is 58.1 Å². The predicted molar refractivity (Wildman–Crippen MR) is 81.8 cm³/mol. The third kappa shape index (κ3) is 2.74. The molecule has 0 radical (unpaired) electrons. The molecule has 0 fully saturated rings. The number of halogens is 1. The number of methoxy groups -OCH3 is 2. The first-order valence-corrected chi connectivity index (χ1v) is 6.68. The maximum Gasteiger partial charge on any atom is 0.146 e. The van der Waals surface area contributed by atoms with Crippen molar-refractivity contribution in [1.82, 2.24) is 0 Å². The molecule has 3 nitrogen and oxygen atoms in total. The summed E-state index contributed by atoms with van der Waals surface area (Å²) in [6.07, 6.45) is 0. The van der Waals surface area contributed by atoms with Crippen LogP contribution in [0.2, 0.25) is 5.02 Å². The van der Waals surface area contributed by atoms with E-state index >= 15 is 0 Å². The number of hydrogen-bond donors (Lipinski definition) is 1. The maximum atomic E-state index is 6.34. The molecule has 1 unspecified atom stereocenters. The van der Waals surface area contributed by atoms with E-state index in [-0.39, 0.29) is 6.04 Å². The van der Waals surface area contributed by atoms with Crippen LogP contribution in [0, 0.1) is 6.92 Å². The van der Waals surface area contributed by atoms with Crippen LogP contribution in [-0.2, 0) is 0 Å². The van der Waals surface area contributed by atoms with Gasteiger partial charge in [-0.15, -0.1) is 0 Å². The summed E-state index contributed by atoms with van der Waals surface area (Å²) in [4.78, 5) is 0. The van der Waals surface area contributed by atoms with Gasteiger partial charge in [-0.05, 0) is 24.6 Å². The molecule has 0 amide bonds. The second-order valence-electron chi connectivity index (χ2n) is 4.60. The van der Waals surface area contributed by atoms with Crippen LogP contribution in [0.25, 0.3) is 0 Å². The molecule has 2 N–H and O–H groups in total. The Kier molecular flexibility index (Phi) is 4.53. The molecule has 0 saturated heterocycles. The van der Waals surface area contributed by atoms with E-state index in [1.165, 1.54) is 0 Å². The average molecular weight is 292 g/mol. The molecule has 2 aromatic carbocycles. The molecule has 4 heteroatoms. The van der Waals surface area contributed by atoms with Gasteiger partial charge >= 0.3 is 0 Å². The Morgan fingerprint density at radius 2 is 1.85 bits per heavy atom. The van der Waals surface area contributed by atoms with Gasteiger partial charge in [-0.2, -0.15) is 0 Å². The quantitative estimate of drug-likeness (QED) is 0.934. The fraction of sp³-hybridized carbons (Fsp3) is 0.250. The summed E-state index contributed by atoms with van der Waals surface area (Å²) in [5.74, 6) is 1.13. The third-order valence-corrected chi connectivity index (χ3v) is 3.61. The molecular weight excluding hydrogens is 274 g/mol. The topological polar surface area (TPSA) is 44.5 Å². The predicted octanol–water partition coefficient (Wildman–Crippen LogP) is 3.71. The van der Waals surface area contributed by atoms with E-state index < -0.39 is 0 Å². The highest BCUT2D eigenvalue weighted by Gasteiger charge is 2.19. The largest absolute Gasteiger partial charge is 0.495 e. The van der Waals surface area contributed by atoms with Crippen LogP contribution in [-0.4, -0.2) is 14.2 Å². The van der Waals surface area contributed by atoms with Gasteiger partial charge in [0.1, 0.15) is 16.5 Å². The van der Waals surface area contributed by atoms with Crippen molar-refractivity contribution in [3.8, 4) is 11.5 Å². The molecule has 0 aromatic heterocycles. The van der Waals surface area contributed by atoms with Crippen LogP contribution in [0.1, 0.15) is 22.7 Å². The molecule has 0 saturated carbocycles. The molecule has 2 aromatic rings. The lowest BCUT2D eigenvalue weighted by Gasteiger charge is -2.19. The zero-order valence-electron chi connectivity index (χ0n) is 11.8. The summed E-state index contributed by atoms with van der Waals surface area (Å²) in [5, 5.41) is 0.440. The minimum Gasteiger partial charge on any atom is -0.495 e. The molecule has 0 aliphatic carbocycles. The van der Waals surface area contributed by atoms with Crippen molar-refractivity contribution in [2.75, 3.05) is 14.2 Å². The zero-order chi connectivity index (χ0) is 14.7. The molecule has 1 atom stereocenters. The standard InChI is InChI=1S/C16H18ClNO2/c1-10-5-4-6-11(9-10)15(18)12-7-8-13(19-2)14(17)16(12)20-3/h4-9,15H,18H2,1-3H3. The first-order valence-electron chi connectivity index (χ1n) is 6.31. The molecule has 20 heavy (non-hydrogen) atoms. The summed E-state index contributed by atoms with van der Waals surface area (Å²) >= 11 is 6.27. The molecule has 0 bridgehead atoms. The summed E-state index contributed by atoms with van der Waals surface area (Å²) < 4.78 is 10.6. The second kappa shape index (κ2) is 6.16. The lowest BCUT2D eigenvalue weighted by Crippen LogP contribution is -2.13. The van der Waals surface area contributed by atoms with Crippen molar-refractivity contribution < 1.29 is 9.47 Å². The Morgan fingerprint density at radius 3 is 2.45 bits per heavy atom. The van der Waals surface area contributed by atoms with Gasteiger partial charge in [0.2, 0.25) is 0 Å². The van der Waals surface area contributed by atoms with E-state index in [0.29, 0.717) is 16.5 Å². The van der Waals surface area contributed by atoms with Crippen molar-refractivity contribution in [3.63, 3.8) is 0 Å². The highest BCUT2D eigenvalue weighted by molar-refractivity contribution is 6.33. The number of hydrogen-bond acceptors (Lipinski definition) is 3. The summed E-state index contributed by atoms with van der Waals surface area (Å²) in [6.45, 7) is 2.04. The van der Waals surface area contributed by atoms with Gasteiger partial charge in [-0.1, -0.05) is 41.4 Å². The van der Waals surface area contributed by atoms with Crippen LogP contribution in [0.5, 0.6) is 11.5 Å². The molecule has 0 aliphatic rings. The van der Waals surface area contributed by atoms with Gasteiger partial charge in [-0.25, -0.2) is 0 Å². The van der Waals surface area contributed by atoms with E-state index in [1.807, 2.05) is 31.2 Å². The Hall–Kier alpha value is -1.71. The highest BCUT2D eigenvalue weighted by Crippen LogP contribution is 2.40. The van der Waals surface area contributed by atoms with E-state index in [2.05, 4.69) is 6.07 Å². The van der Waals surface area contributed by atoms with E-state index in [4.69, 9.17) is 26.8 Å². The number of nitrogens with two attached hydrogens (primary N) is 1. The van der Waals surface area contributed by atoms with Crippen molar-refractivity contribution in [2.24, 2.45) is 5.73 Å². The average Bonchev–Trinajstić information content (AvgIpc) is 2.46. The van der Waals surface area contributed by atoms with Gasteiger partial charge in [0, 0.05) is 5.56 Å². The smallest absolute Gasteiger partial charge is 0.146 e. The number of rotatable bonds is 4. The highest BCUT2D eigenvalue weighted by atomic mass is 35.5. The lowest BCUT2D eigenvalue weighted by atomic mass is 9.97. The molecule has 0 aliphatic heterocycles. The Labute approximate surface area is 124 Å². The summed E-state index contributed by atoms with van der Waals surface area (Å²) in [7, 11) is 3.15. The minimum atomic E-state index is -0.298. The van der Waals surface area contributed by atoms with Gasteiger partial charge < -0.3 is 15.2 Å². The first-order chi connectivity index (χ1) is 9.58. The monoisotopic (exact) mass is 291 g/mol. The Morgan fingerprint density at radius 1 is 1.10 bits per heavy atom. The second-order valence-corrected chi connectivity index (χ2v) is 4.97. The van der Waals surface area contributed by atoms with Crippen LogP contribution < -0.4 is 15.2 Å². The SMILES string of the molecule is COc1ccc(C(N)c2cccc(C)c2)c(OC)c1Cl. The Balaban J connectivity index is 2.49. The van der Waals surface area contributed by atoms with E-state index in [9.17, 15) is 0 Å². The van der Waals surface area contributed by atoms with Crippen molar-refractivity contribution >= 4 is 11.6 Å². The lowest BCUT2D eigenvalue weighted by molar-refractivity contribution is 0.390. The van der Waals surface area contributed by atoms with E-state index in [0.717, 1.165) is 16.7 Å². The van der Waals surface area contributed by atoms with Crippen LogP contribution >= 0.6 is 11.6 Å². The normalized spacial score (nSPS) is 12.1. The summed E-state index contributed by atoms with van der Waals surface area (Å²) in [5.41, 5.74) is 9.36. The minimum absolute atomic E-state index is 0.298. The van der Waals surface area contributed by atoms with Crippen LogP contribution in [0.3, 0.4) is 0 Å². The van der Waals surface area contributed by atoms with Gasteiger partial charge in [0.15, 0.2) is 0 Å². The number of aryl methyl sites for hydroxylation is 1. The van der Waals surface area contributed by atoms with Gasteiger partial charge in [0.25, 0.3) is 0 Å². The molecular formula is C16H18ClNO2. The molecule has 2 rings (SSSR count). The Bertz CT molecular complexity index is 613. The molecule has 106 valence electrons. The molecule has 0 heterocycles. The summed E-state index contributed by atoms with van der Waals surface area (Å²) in [6, 6.07) is 11.5. The molecule has 0 spiro atoms. The number of ether oxygens (including phenoxy) is 2. The van der Waals surface area contributed by atoms with Crippen LogP contribution in [0.15, 0.2) is 36.4 Å².